The van der Waals surface area contributed by atoms with Crippen LogP contribution in [-0.2, 0) is 20.6 Å². The first-order chi connectivity index (χ1) is 15.1. The van der Waals surface area contributed by atoms with Gasteiger partial charge in [0.05, 0.1) is 44.2 Å². The van der Waals surface area contributed by atoms with Crippen LogP contribution in [-0.4, -0.2) is 75.5 Å². The number of aliphatic hydroxyl groups excluding tert-OH is 1. The summed E-state index contributed by atoms with van der Waals surface area (Å²) in [5, 5.41) is 9.83. The molecular weight excluding hydrogens is 392 g/mol. The smallest absolute Gasteiger partial charge is 0.0984 e. The zero-order valence-corrected chi connectivity index (χ0v) is 18.2. The molecule has 0 radical (unpaired) electrons. The predicted octanol–water partition coefficient (Wildman–Crippen LogP) is 2.47. The molecule has 6 nitrogen and oxygen atoms in total. The van der Waals surface area contributed by atoms with Crippen molar-refractivity contribution in [2.75, 3.05) is 55.8 Å². The molecule has 0 spiro atoms. The van der Waals surface area contributed by atoms with Gasteiger partial charge in [0.25, 0.3) is 0 Å². The Labute approximate surface area is 184 Å². The summed E-state index contributed by atoms with van der Waals surface area (Å²) >= 11 is 0. The highest BCUT2D eigenvalue weighted by atomic mass is 16.6. The average Bonchev–Trinajstić information content (AvgIpc) is 3.59. The second-order valence-electron chi connectivity index (χ2n) is 9.03. The molecule has 2 aromatic rings. The first-order valence-electron chi connectivity index (χ1n) is 11.3. The molecule has 0 aliphatic carbocycles. The lowest BCUT2D eigenvalue weighted by molar-refractivity contribution is 0.199. The van der Waals surface area contributed by atoms with Crippen LogP contribution < -0.4 is 9.80 Å². The first kappa shape index (κ1) is 20.8. The molecule has 166 valence electrons. The molecule has 2 aromatic carbocycles. The molecule has 3 aliphatic rings. The van der Waals surface area contributed by atoms with Gasteiger partial charge in [0, 0.05) is 37.6 Å². The molecule has 5 rings (SSSR count). The van der Waals surface area contributed by atoms with Crippen molar-refractivity contribution < 1.29 is 19.3 Å². The fourth-order valence-corrected chi connectivity index (χ4v) is 4.03. The minimum absolute atomic E-state index is 0.300. The topological polar surface area (TPSA) is 64.3 Å². The van der Waals surface area contributed by atoms with Crippen LogP contribution in [0.4, 0.5) is 11.4 Å². The summed E-state index contributed by atoms with van der Waals surface area (Å²) < 4.78 is 16.2. The third kappa shape index (κ3) is 6.20. The summed E-state index contributed by atoms with van der Waals surface area (Å²) in [6.45, 7) is 7.73. The summed E-state index contributed by atoms with van der Waals surface area (Å²) in [5.41, 5.74) is 4.96. The van der Waals surface area contributed by atoms with E-state index in [1.54, 1.807) is 0 Å². The molecular formula is C25H32N2O4. The summed E-state index contributed by atoms with van der Waals surface area (Å²) in [7, 11) is 0. The third-order valence-corrected chi connectivity index (χ3v) is 5.98. The second-order valence-corrected chi connectivity index (χ2v) is 9.03. The molecule has 3 fully saturated rings. The molecule has 6 heteroatoms. The Kier molecular flexibility index (Phi) is 6.14. The van der Waals surface area contributed by atoms with E-state index >= 15 is 0 Å². The van der Waals surface area contributed by atoms with Crippen LogP contribution in [0, 0.1) is 0 Å². The number of ether oxygens (including phenoxy) is 3. The van der Waals surface area contributed by atoms with Crippen LogP contribution in [0.1, 0.15) is 18.1 Å². The van der Waals surface area contributed by atoms with Gasteiger partial charge < -0.3 is 29.1 Å². The van der Waals surface area contributed by atoms with E-state index < -0.39 is 0 Å². The lowest BCUT2D eigenvalue weighted by Crippen LogP contribution is -2.34. The maximum Gasteiger partial charge on any atom is 0.0984 e. The first-order valence-corrected chi connectivity index (χ1v) is 11.3. The normalized spacial score (nSPS) is 24.5. The van der Waals surface area contributed by atoms with Crippen molar-refractivity contribution in [2.24, 2.45) is 0 Å². The van der Waals surface area contributed by atoms with Gasteiger partial charge in [-0.05, 0) is 48.7 Å². The Hall–Kier alpha value is -2.12. The number of hydrogen-bond acceptors (Lipinski definition) is 6. The maximum atomic E-state index is 9.83. The lowest BCUT2D eigenvalue weighted by atomic mass is 10.0. The Morgan fingerprint density at radius 1 is 0.742 bits per heavy atom. The molecule has 3 heterocycles. The van der Waals surface area contributed by atoms with Crippen molar-refractivity contribution >= 4 is 11.4 Å². The van der Waals surface area contributed by atoms with Gasteiger partial charge in [-0.2, -0.15) is 0 Å². The molecule has 3 aliphatic heterocycles. The standard InChI is InChI=1S/C25H32N2O4/c1-18(28)11-26(12-23-15-29-23)21-6-2-19(3-7-21)10-20-4-8-22(9-5-20)27(13-24-16-30-24)14-25-17-31-25/h2-9,18,23-25,28H,10-17H2,1H3. The Morgan fingerprint density at radius 3 is 1.52 bits per heavy atom. The molecule has 0 bridgehead atoms. The number of hydrogen-bond donors (Lipinski definition) is 1. The minimum atomic E-state index is -0.366. The van der Waals surface area contributed by atoms with E-state index in [-0.39, 0.29) is 6.10 Å². The summed E-state index contributed by atoms with van der Waals surface area (Å²) in [6.07, 6.45) is 1.58. The Bertz CT molecular complexity index is 758. The number of nitrogens with zero attached hydrogens (tertiary/aromatic N) is 2. The van der Waals surface area contributed by atoms with Gasteiger partial charge in [-0.1, -0.05) is 24.3 Å². The van der Waals surface area contributed by atoms with Gasteiger partial charge in [0.15, 0.2) is 0 Å². The highest BCUT2D eigenvalue weighted by molar-refractivity contribution is 5.51. The second kappa shape index (κ2) is 9.17. The average molecular weight is 425 g/mol. The summed E-state index contributed by atoms with van der Waals surface area (Å²) in [4.78, 5) is 4.59. The van der Waals surface area contributed by atoms with Crippen LogP contribution in [0.15, 0.2) is 48.5 Å². The molecule has 0 saturated carbocycles. The highest BCUT2D eigenvalue weighted by Gasteiger charge is 2.31. The molecule has 4 unspecified atom stereocenters. The van der Waals surface area contributed by atoms with E-state index in [1.807, 2.05) is 6.92 Å². The van der Waals surface area contributed by atoms with E-state index in [0.717, 1.165) is 51.6 Å². The van der Waals surface area contributed by atoms with Crippen LogP contribution in [0.3, 0.4) is 0 Å². The van der Waals surface area contributed by atoms with Gasteiger partial charge >= 0.3 is 0 Å². The van der Waals surface area contributed by atoms with E-state index in [9.17, 15) is 5.11 Å². The van der Waals surface area contributed by atoms with Gasteiger partial charge in [0.2, 0.25) is 0 Å². The quantitative estimate of drug-likeness (QED) is 0.528. The van der Waals surface area contributed by atoms with Crippen molar-refractivity contribution in [2.45, 2.75) is 37.8 Å². The van der Waals surface area contributed by atoms with E-state index in [0.29, 0.717) is 24.9 Å². The Morgan fingerprint density at radius 2 is 1.13 bits per heavy atom. The lowest BCUT2D eigenvalue weighted by Gasteiger charge is -2.25. The molecule has 3 saturated heterocycles. The van der Waals surface area contributed by atoms with Gasteiger partial charge in [-0.25, -0.2) is 0 Å². The largest absolute Gasteiger partial charge is 0.392 e. The van der Waals surface area contributed by atoms with E-state index in [1.165, 1.54) is 16.8 Å². The van der Waals surface area contributed by atoms with E-state index in [4.69, 9.17) is 14.2 Å². The van der Waals surface area contributed by atoms with Crippen LogP contribution in [0.2, 0.25) is 0 Å². The van der Waals surface area contributed by atoms with E-state index in [2.05, 4.69) is 58.3 Å². The minimum Gasteiger partial charge on any atom is -0.392 e. The van der Waals surface area contributed by atoms with Crippen molar-refractivity contribution in [1.29, 1.82) is 0 Å². The molecule has 0 aromatic heterocycles. The van der Waals surface area contributed by atoms with Gasteiger partial charge in [0.1, 0.15) is 0 Å². The number of anilines is 2. The zero-order valence-electron chi connectivity index (χ0n) is 18.2. The SMILES string of the molecule is CC(O)CN(CC1CO1)c1ccc(Cc2ccc(N(CC3CO3)CC3CO3)cc2)cc1. The number of rotatable bonds is 12. The fraction of sp³-hybridized carbons (Fsp3) is 0.520. The van der Waals surface area contributed by atoms with Gasteiger partial charge in [-0.3, -0.25) is 0 Å². The van der Waals surface area contributed by atoms with Crippen molar-refractivity contribution in [3.63, 3.8) is 0 Å². The molecule has 0 amide bonds. The number of epoxide rings is 3. The summed E-state index contributed by atoms with van der Waals surface area (Å²) in [6, 6.07) is 17.6. The molecule has 31 heavy (non-hydrogen) atoms. The third-order valence-electron chi connectivity index (χ3n) is 5.98. The predicted molar refractivity (Wildman–Crippen MR) is 121 cm³/mol. The fourth-order valence-electron chi connectivity index (χ4n) is 4.03. The van der Waals surface area contributed by atoms with Crippen molar-refractivity contribution in [1.82, 2.24) is 0 Å². The number of aliphatic hydroxyl groups is 1. The monoisotopic (exact) mass is 424 g/mol. The Balaban J connectivity index is 1.21. The summed E-state index contributed by atoms with van der Waals surface area (Å²) in [5.74, 6) is 0. The number of benzene rings is 2. The van der Waals surface area contributed by atoms with Crippen molar-refractivity contribution in [3.05, 3.63) is 59.7 Å². The highest BCUT2D eigenvalue weighted by Crippen LogP contribution is 2.25. The molecule has 1 N–H and O–H groups in total. The zero-order chi connectivity index (χ0) is 21.2. The molecule has 4 atom stereocenters. The van der Waals surface area contributed by atoms with Crippen LogP contribution >= 0.6 is 0 Å². The van der Waals surface area contributed by atoms with Gasteiger partial charge in [-0.15, -0.1) is 0 Å². The maximum absolute atomic E-state index is 9.83. The van der Waals surface area contributed by atoms with Crippen LogP contribution in [0.5, 0.6) is 0 Å². The van der Waals surface area contributed by atoms with Crippen LogP contribution in [0.25, 0.3) is 0 Å². The van der Waals surface area contributed by atoms with Crippen molar-refractivity contribution in [3.8, 4) is 0 Å².